The average Bonchev–Trinajstić information content (AvgIpc) is 2.87. The van der Waals surface area contributed by atoms with Crippen LogP contribution in [-0.4, -0.2) is 21.2 Å². The number of aromatic nitrogens is 3. The highest BCUT2D eigenvalue weighted by Crippen LogP contribution is 2.23. The lowest BCUT2D eigenvalue weighted by Crippen LogP contribution is -2.29. The fraction of sp³-hybridized carbons (Fsp3) is 0.148. The summed E-state index contributed by atoms with van der Waals surface area (Å²) in [6.45, 7) is 0.363. The van der Waals surface area contributed by atoms with Gasteiger partial charge in [-0.2, -0.15) is 0 Å². The van der Waals surface area contributed by atoms with E-state index >= 15 is 0 Å². The molecule has 0 aliphatic carbocycles. The standard InChI is InChI=1S/C27H22ClN3O3/c1-30-22-6-4-3-5-21(22)24(32)23-26(30)29-25(18-9-11-19(28)12-10-18)31(27(23)33)16-15-17-7-13-20(34-2)14-8-17/h3-14H,15-16H2,1-2H3. The zero-order valence-corrected chi connectivity index (χ0v) is 19.5. The Kier molecular flexibility index (Phi) is 5.67. The van der Waals surface area contributed by atoms with Gasteiger partial charge in [-0.15, -0.1) is 0 Å². The third kappa shape index (κ3) is 3.76. The van der Waals surface area contributed by atoms with Gasteiger partial charge in [0.1, 0.15) is 17.0 Å². The van der Waals surface area contributed by atoms with Crippen LogP contribution in [0.1, 0.15) is 5.56 Å². The Morgan fingerprint density at radius 3 is 2.35 bits per heavy atom. The van der Waals surface area contributed by atoms with Gasteiger partial charge in [0.15, 0.2) is 5.65 Å². The van der Waals surface area contributed by atoms with E-state index < -0.39 is 0 Å². The normalized spacial score (nSPS) is 11.3. The van der Waals surface area contributed by atoms with Crippen molar-refractivity contribution in [1.29, 1.82) is 0 Å². The largest absolute Gasteiger partial charge is 0.497 e. The second kappa shape index (κ2) is 8.80. The van der Waals surface area contributed by atoms with Gasteiger partial charge in [-0.05, 0) is 60.5 Å². The highest BCUT2D eigenvalue weighted by atomic mass is 35.5. The molecule has 0 unspecified atom stereocenters. The molecule has 0 fully saturated rings. The summed E-state index contributed by atoms with van der Waals surface area (Å²) in [5.74, 6) is 1.26. The zero-order chi connectivity index (χ0) is 23.8. The molecular weight excluding hydrogens is 450 g/mol. The number of pyridine rings is 1. The summed E-state index contributed by atoms with van der Waals surface area (Å²) in [6.07, 6.45) is 0.589. The van der Waals surface area contributed by atoms with E-state index in [2.05, 4.69) is 0 Å². The summed E-state index contributed by atoms with van der Waals surface area (Å²) < 4.78 is 8.63. The topological polar surface area (TPSA) is 66.1 Å². The maximum absolute atomic E-state index is 13.8. The van der Waals surface area contributed by atoms with Crippen molar-refractivity contribution in [3.05, 3.63) is 104 Å². The summed E-state index contributed by atoms with van der Waals surface area (Å²) in [4.78, 5) is 32.0. The van der Waals surface area contributed by atoms with E-state index in [-0.39, 0.29) is 16.4 Å². The molecular formula is C27H22ClN3O3. The molecule has 0 N–H and O–H groups in total. The molecule has 6 nitrogen and oxygen atoms in total. The third-order valence-electron chi connectivity index (χ3n) is 6.09. The quantitative estimate of drug-likeness (QED) is 0.345. The van der Waals surface area contributed by atoms with Gasteiger partial charge in [-0.1, -0.05) is 35.9 Å². The number of halogens is 1. The predicted octanol–water partition coefficient (Wildman–Crippen LogP) is 4.82. The van der Waals surface area contributed by atoms with Crippen molar-refractivity contribution in [1.82, 2.24) is 14.1 Å². The summed E-state index contributed by atoms with van der Waals surface area (Å²) in [5.41, 5.74) is 2.22. The first-order valence-corrected chi connectivity index (χ1v) is 11.3. The summed E-state index contributed by atoms with van der Waals surface area (Å²) in [6, 6.07) is 22.2. The van der Waals surface area contributed by atoms with Gasteiger partial charge in [0, 0.05) is 29.6 Å². The van der Waals surface area contributed by atoms with Crippen molar-refractivity contribution in [2.24, 2.45) is 7.05 Å². The van der Waals surface area contributed by atoms with Crippen molar-refractivity contribution >= 4 is 33.5 Å². The van der Waals surface area contributed by atoms with Crippen LogP contribution >= 0.6 is 11.6 Å². The van der Waals surface area contributed by atoms with Crippen molar-refractivity contribution in [3.8, 4) is 17.1 Å². The molecule has 0 aliphatic heterocycles. The van der Waals surface area contributed by atoms with Crippen LogP contribution in [0.25, 0.3) is 33.3 Å². The SMILES string of the molecule is COc1ccc(CCn2c(-c3ccc(Cl)cc3)nc3c(c(=O)c4ccccc4n3C)c2=O)cc1. The van der Waals surface area contributed by atoms with Crippen LogP contribution in [0.2, 0.25) is 5.02 Å². The van der Waals surface area contributed by atoms with Crippen LogP contribution in [-0.2, 0) is 20.0 Å². The highest BCUT2D eigenvalue weighted by Gasteiger charge is 2.19. The van der Waals surface area contributed by atoms with Crippen LogP contribution in [0, 0.1) is 0 Å². The first-order chi connectivity index (χ1) is 16.5. The van der Waals surface area contributed by atoms with E-state index in [1.807, 2.05) is 55.6 Å². The monoisotopic (exact) mass is 471 g/mol. The zero-order valence-electron chi connectivity index (χ0n) is 18.8. The molecule has 3 aromatic carbocycles. The first kappa shape index (κ1) is 21.9. The smallest absolute Gasteiger partial charge is 0.267 e. The molecule has 0 bridgehead atoms. The molecule has 34 heavy (non-hydrogen) atoms. The Morgan fingerprint density at radius 2 is 1.65 bits per heavy atom. The Morgan fingerprint density at radius 1 is 0.941 bits per heavy atom. The number of fused-ring (bicyclic) bond motifs is 2. The number of para-hydroxylation sites is 1. The van der Waals surface area contributed by atoms with Crippen LogP contribution < -0.4 is 15.7 Å². The van der Waals surface area contributed by atoms with Gasteiger partial charge in [0.05, 0.1) is 12.6 Å². The number of nitrogens with zero attached hydrogens (tertiary/aromatic N) is 3. The van der Waals surface area contributed by atoms with Gasteiger partial charge in [0.25, 0.3) is 5.56 Å². The van der Waals surface area contributed by atoms with E-state index in [1.165, 1.54) is 0 Å². The minimum atomic E-state index is -0.352. The van der Waals surface area contributed by atoms with Crippen LogP contribution in [0.4, 0.5) is 0 Å². The molecule has 5 aromatic rings. The molecule has 2 aromatic heterocycles. The van der Waals surface area contributed by atoms with Crippen molar-refractivity contribution in [2.45, 2.75) is 13.0 Å². The molecule has 2 heterocycles. The molecule has 0 radical (unpaired) electrons. The lowest BCUT2D eigenvalue weighted by Gasteiger charge is -2.16. The van der Waals surface area contributed by atoms with E-state index in [4.69, 9.17) is 21.3 Å². The highest BCUT2D eigenvalue weighted by molar-refractivity contribution is 6.30. The number of rotatable bonds is 5. The Hall–Kier alpha value is -3.90. The summed E-state index contributed by atoms with van der Waals surface area (Å²) >= 11 is 6.10. The molecule has 0 spiro atoms. The minimum absolute atomic E-state index is 0.0913. The molecule has 170 valence electrons. The summed E-state index contributed by atoms with van der Waals surface area (Å²) in [5, 5.41) is 1.18. The van der Waals surface area contributed by atoms with Crippen molar-refractivity contribution in [2.75, 3.05) is 7.11 Å². The van der Waals surface area contributed by atoms with Gasteiger partial charge < -0.3 is 9.30 Å². The van der Waals surface area contributed by atoms with Gasteiger partial charge >= 0.3 is 0 Å². The van der Waals surface area contributed by atoms with E-state index in [0.29, 0.717) is 34.8 Å². The van der Waals surface area contributed by atoms with Crippen LogP contribution in [0.15, 0.2) is 82.4 Å². The lowest BCUT2D eigenvalue weighted by molar-refractivity contribution is 0.414. The van der Waals surface area contributed by atoms with Gasteiger partial charge in [0.2, 0.25) is 5.43 Å². The Bertz CT molecular complexity index is 1640. The molecule has 7 heteroatoms. The van der Waals surface area contributed by atoms with Crippen molar-refractivity contribution in [3.63, 3.8) is 0 Å². The van der Waals surface area contributed by atoms with E-state index in [0.717, 1.165) is 22.4 Å². The average molecular weight is 472 g/mol. The number of methoxy groups -OCH3 is 1. The van der Waals surface area contributed by atoms with Crippen LogP contribution in [0.5, 0.6) is 5.75 Å². The number of hydrogen-bond acceptors (Lipinski definition) is 4. The summed E-state index contributed by atoms with van der Waals surface area (Å²) in [7, 11) is 3.45. The number of benzene rings is 3. The minimum Gasteiger partial charge on any atom is -0.497 e. The molecule has 0 aliphatic rings. The second-order valence-corrected chi connectivity index (χ2v) is 8.54. The van der Waals surface area contributed by atoms with Gasteiger partial charge in [-0.3, -0.25) is 14.2 Å². The maximum atomic E-state index is 13.8. The van der Waals surface area contributed by atoms with E-state index in [1.54, 1.807) is 40.5 Å². The molecule has 0 saturated carbocycles. The van der Waals surface area contributed by atoms with Gasteiger partial charge in [-0.25, -0.2) is 4.98 Å². The number of hydrogen-bond donors (Lipinski definition) is 0. The van der Waals surface area contributed by atoms with Crippen LogP contribution in [0.3, 0.4) is 0 Å². The van der Waals surface area contributed by atoms with Crippen molar-refractivity contribution < 1.29 is 4.74 Å². The molecule has 0 amide bonds. The fourth-order valence-electron chi connectivity index (χ4n) is 4.25. The number of ether oxygens (including phenoxy) is 1. The number of aryl methyl sites for hydroxylation is 2. The molecule has 5 rings (SSSR count). The predicted molar refractivity (Wildman–Crippen MR) is 136 cm³/mol. The third-order valence-corrected chi connectivity index (χ3v) is 6.34. The second-order valence-electron chi connectivity index (χ2n) is 8.10. The lowest BCUT2D eigenvalue weighted by atomic mass is 10.1. The molecule has 0 atom stereocenters. The molecule has 0 saturated heterocycles. The maximum Gasteiger partial charge on any atom is 0.267 e. The Labute approximate surface area is 200 Å². The first-order valence-electron chi connectivity index (χ1n) is 10.9. The fourth-order valence-corrected chi connectivity index (χ4v) is 4.38. The Balaban J connectivity index is 1.74. The van der Waals surface area contributed by atoms with E-state index in [9.17, 15) is 9.59 Å².